The lowest BCUT2D eigenvalue weighted by Crippen LogP contribution is -2.33. The summed E-state index contributed by atoms with van der Waals surface area (Å²) in [6.45, 7) is 0. The molecule has 11 aromatic rings. The molecule has 4 nitrogen and oxygen atoms in total. The summed E-state index contributed by atoms with van der Waals surface area (Å²) in [4.78, 5) is 10.3. The van der Waals surface area contributed by atoms with Gasteiger partial charge in [0, 0.05) is 16.8 Å². The van der Waals surface area contributed by atoms with Crippen LogP contribution in [0.5, 0.6) is 0 Å². The number of nitrogens with one attached hydrogen (secondary N) is 2. The van der Waals surface area contributed by atoms with Gasteiger partial charge in [-0.2, -0.15) is 0 Å². The van der Waals surface area contributed by atoms with E-state index < -0.39 is 0 Å². The molecule has 362 valence electrons. The van der Waals surface area contributed by atoms with Crippen molar-refractivity contribution >= 4 is 44.5 Å². The molecular weight excluding hydrogens is 921 g/mol. The first-order chi connectivity index (χ1) is 37.7. The Morgan fingerprint density at radius 1 is 0.329 bits per heavy atom. The van der Waals surface area contributed by atoms with Crippen molar-refractivity contribution in [1.29, 1.82) is 0 Å². The van der Waals surface area contributed by atoms with E-state index in [1.54, 1.807) is 0 Å². The zero-order valence-electron chi connectivity index (χ0n) is 42.0. The molecule has 2 unspecified atom stereocenters. The fraction of sp³-hybridized carbons (Fsp3) is 0.0556. The molecule has 0 bridgehead atoms. The van der Waals surface area contributed by atoms with Crippen molar-refractivity contribution in [2.45, 2.75) is 25.0 Å². The van der Waals surface area contributed by atoms with Crippen molar-refractivity contribution in [1.82, 2.24) is 10.6 Å². The van der Waals surface area contributed by atoms with E-state index in [0.29, 0.717) is 5.84 Å². The van der Waals surface area contributed by atoms with Crippen molar-refractivity contribution in [2.24, 2.45) is 9.98 Å². The lowest BCUT2D eigenvalue weighted by atomic mass is 9.87. The molecule has 0 aliphatic carbocycles. The SMILES string of the molecule is C1=C(/c2ccccc2)NC(c2ccc(-c3ccc(-c4ccc(-c5ccc(C6=NC(c7ccccc7)NC(c7ccc(-c8ccccc8)cc7)=N6)cc5)c5ccccc45)c4ccccc34)cc2)CC\C=C/1c1ccccc1. The summed E-state index contributed by atoms with van der Waals surface area (Å²) in [5.74, 6) is 1.50. The van der Waals surface area contributed by atoms with Crippen LogP contribution in [0.25, 0.3) is 77.3 Å². The highest BCUT2D eigenvalue weighted by Gasteiger charge is 2.23. The molecule has 2 atom stereocenters. The van der Waals surface area contributed by atoms with Gasteiger partial charge >= 0.3 is 0 Å². The Balaban J connectivity index is 0.788. The highest BCUT2D eigenvalue weighted by atomic mass is 15.2. The van der Waals surface area contributed by atoms with Crippen LogP contribution in [0, 0.1) is 0 Å². The van der Waals surface area contributed by atoms with Crippen molar-refractivity contribution in [3.8, 4) is 44.5 Å². The third-order valence-electron chi connectivity index (χ3n) is 15.0. The maximum atomic E-state index is 5.17. The lowest BCUT2D eigenvalue weighted by Gasteiger charge is -2.25. The molecular formula is C72H54N4. The first-order valence-corrected chi connectivity index (χ1v) is 26.3. The zero-order valence-corrected chi connectivity index (χ0v) is 42.0. The maximum Gasteiger partial charge on any atom is 0.159 e. The quantitative estimate of drug-likeness (QED) is 0.143. The van der Waals surface area contributed by atoms with E-state index in [0.717, 1.165) is 46.6 Å². The normalized spacial score (nSPS) is 16.9. The van der Waals surface area contributed by atoms with Crippen LogP contribution in [-0.2, 0) is 0 Å². The largest absolute Gasteiger partial charge is 0.378 e. The summed E-state index contributed by atoms with van der Waals surface area (Å²) >= 11 is 0. The first kappa shape index (κ1) is 46.2. The van der Waals surface area contributed by atoms with Crippen LogP contribution in [0.2, 0.25) is 0 Å². The fourth-order valence-corrected chi connectivity index (χ4v) is 11.0. The van der Waals surface area contributed by atoms with Gasteiger partial charge in [0.05, 0.1) is 6.04 Å². The minimum atomic E-state index is -0.280. The van der Waals surface area contributed by atoms with Crippen LogP contribution in [0.15, 0.2) is 289 Å². The smallest absolute Gasteiger partial charge is 0.159 e. The molecule has 4 heteroatoms. The molecule has 0 radical (unpaired) electrons. The molecule has 2 aliphatic heterocycles. The molecule has 2 N–H and O–H groups in total. The summed E-state index contributed by atoms with van der Waals surface area (Å²) in [5.41, 5.74) is 18.7. The predicted molar refractivity (Wildman–Crippen MR) is 319 cm³/mol. The molecule has 0 aromatic heterocycles. The average Bonchev–Trinajstić information content (AvgIpc) is 3.51. The minimum Gasteiger partial charge on any atom is -0.378 e. The number of rotatable bonds is 10. The number of fused-ring (bicyclic) bond motifs is 2. The topological polar surface area (TPSA) is 48.8 Å². The Kier molecular flexibility index (Phi) is 12.6. The zero-order chi connectivity index (χ0) is 50.6. The minimum absolute atomic E-state index is 0.163. The second kappa shape index (κ2) is 20.7. The Hall–Kier alpha value is -9.64. The number of hydrogen-bond acceptors (Lipinski definition) is 4. The number of benzene rings is 11. The molecule has 11 aromatic carbocycles. The van der Waals surface area contributed by atoms with Gasteiger partial charge in [-0.15, -0.1) is 0 Å². The van der Waals surface area contributed by atoms with Crippen molar-refractivity contribution in [3.05, 3.63) is 312 Å². The Morgan fingerprint density at radius 3 is 1.34 bits per heavy atom. The molecule has 0 saturated carbocycles. The van der Waals surface area contributed by atoms with Gasteiger partial charge in [-0.3, -0.25) is 0 Å². The van der Waals surface area contributed by atoms with Crippen molar-refractivity contribution < 1.29 is 0 Å². The van der Waals surface area contributed by atoms with Gasteiger partial charge in [0.1, 0.15) is 12.0 Å². The average molecular weight is 975 g/mol. The van der Waals surface area contributed by atoms with E-state index in [1.165, 1.54) is 82.8 Å². The highest BCUT2D eigenvalue weighted by molar-refractivity contribution is 6.14. The summed E-state index contributed by atoms with van der Waals surface area (Å²) in [7, 11) is 0. The Bertz CT molecular complexity index is 3990. The summed E-state index contributed by atoms with van der Waals surface area (Å²) in [6.07, 6.45) is 6.40. The summed E-state index contributed by atoms with van der Waals surface area (Å²) < 4.78 is 0. The van der Waals surface area contributed by atoms with E-state index in [2.05, 4.69) is 278 Å². The molecule has 0 spiro atoms. The fourth-order valence-electron chi connectivity index (χ4n) is 11.0. The van der Waals surface area contributed by atoms with E-state index in [4.69, 9.17) is 9.98 Å². The molecule has 76 heavy (non-hydrogen) atoms. The van der Waals surface area contributed by atoms with Gasteiger partial charge in [0.15, 0.2) is 5.84 Å². The van der Waals surface area contributed by atoms with Crippen LogP contribution >= 0.6 is 0 Å². The van der Waals surface area contributed by atoms with Crippen LogP contribution in [0.1, 0.15) is 58.4 Å². The molecule has 0 amide bonds. The molecule has 13 rings (SSSR count). The molecule has 2 aliphatic rings. The summed E-state index contributed by atoms with van der Waals surface area (Å²) in [5, 5.41) is 12.5. The Labute approximate surface area is 444 Å². The highest BCUT2D eigenvalue weighted by Crippen LogP contribution is 2.42. The summed E-state index contributed by atoms with van der Waals surface area (Å²) in [6, 6.07) is 95.9. The maximum absolute atomic E-state index is 5.17. The van der Waals surface area contributed by atoms with Gasteiger partial charge < -0.3 is 10.6 Å². The van der Waals surface area contributed by atoms with Gasteiger partial charge in [0.25, 0.3) is 0 Å². The molecule has 0 saturated heterocycles. The number of aliphatic imine (C=N–C) groups is 2. The van der Waals surface area contributed by atoms with E-state index >= 15 is 0 Å². The number of hydrogen-bond donors (Lipinski definition) is 2. The van der Waals surface area contributed by atoms with Gasteiger partial charge in [-0.25, -0.2) is 9.98 Å². The predicted octanol–water partition coefficient (Wildman–Crippen LogP) is 17.7. The third-order valence-corrected chi connectivity index (χ3v) is 15.0. The van der Waals surface area contributed by atoms with E-state index in [9.17, 15) is 0 Å². The standard InChI is InChI=1S/C72H54N4/c1-5-18-49(19-6-1)51-32-40-57(41-33-51)71-74-70(56-24-11-4-12-25-56)75-72(76-71)58-42-36-53(37-43-58)61-45-47-67(65-30-16-14-28-63(61)65)66-46-44-60(62-27-13-15-29-64(62)66)52-34-38-55(39-35-52)68-31-17-26-59(50-20-7-2-8-21-50)48-69(73-68)54-22-9-3-10-23-54/h1-16,18-30,32-48,68,70,73H,17,31H2,(H,74,75,76)/b59-26+,69-48-. The van der Waals surface area contributed by atoms with Gasteiger partial charge in [0.2, 0.25) is 0 Å². The molecule has 2 heterocycles. The van der Waals surface area contributed by atoms with Crippen molar-refractivity contribution in [2.75, 3.05) is 0 Å². The number of allylic oxidation sites excluding steroid dienone is 3. The molecule has 0 fully saturated rings. The van der Waals surface area contributed by atoms with Gasteiger partial charge in [-0.1, -0.05) is 273 Å². The van der Waals surface area contributed by atoms with Crippen LogP contribution in [0.4, 0.5) is 0 Å². The van der Waals surface area contributed by atoms with Gasteiger partial charge in [-0.05, 0) is 113 Å². The lowest BCUT2D eigenvalue weighted by molar-refractivity contribution is 0.586. The first-order valence-electron chi connectivity index (χ1n) is 26.3. The van der Waals surface area contributed by atoms with Crippen LogP contribution < -0.4 is 10.6 Å². The second-order valence-corrected chi connectivity index (χ2v) is 19.6. The van der Waals surface area contributed by atoms with Crippen LogP contribution in [0.3, 0.4) is 0 Å². The van der Waals surface area contributed by atoms with Crippen LogP contribution in [-0.4, -0.2) is 11.7 Å². The van der Waals surface area contributed by atoms with E-state index in [-0.39, 0.29) is 12.2 Å². The number of nitrogens with zero attached hydrogens (tertiary/aromatic N) is 2. The third kappa shape index (κ3) is 9.34. The van der Waals surface area contributed by atoms with Crippen molar-refractivity contribution in [3.63, 3.8) is 0 Å². The monoisotopic (exact) mass is 974 g/mol. The number of amidine groups is 2. The Morgan fingerprint density at radius 2 is 0.763 bits per heavy atom. The second-order valence-electron chi connectivity index (χ2n) is 19.6. The van der Waals surface area contributed by atoms with E-state index in [1.807, 2.05) is 12.1 Å².